The lowest BCUT2D eigenvalue weighted by Crippen LogP contribution is -2.29. The van der Waals surface area contributed by atoms with Crippen molar-refractivity contribution in [2.75, 3.05) is 0 Å². The number of nitrogens with one attached hydrogen (secondary N) is 1. The quantitative estimate of drug-likeness (QED) is 0.147. The second kappa shape index (κ2) is 14.6. The van der Waals surface area contributed by atoms with E-state index in [9.17, 15) is 9.90 Å². The molecular weight excluding hydrogens is 568 g/mol. The van der Waals surface area contributed by atoms with E-state index in [1.807, 2.05) is 85.9 Å². The number of rotatable bonds is 11. The van der Waals surface area contributed by atoms with Crippen LogP contribution in [0, 0.1) is 0 Å². The smallest absolute Gasteiger partial charge is 0.227 e. The molecule has 3 atom stereocenters. The lowest BCUT2D eigenvalue weighted by molar-refractivity contribution is -0.122. The van der Waals surface area contributed by atoms with Gasteiger partial charge in [-0.05, 0) is 82.8 Å². The number of carbonyl (C=O) groups excluding carboxylic acids is 1. The molecule has 3 aromatic carbocycles. The number of aryl methyl sites for hydroxylation is 1. The normalized spacial score (nSPS) is 15.5. The van der Waals surface area contributed by atoms with Crippen molar-refractivity contribution in [3.8, 4) is 11.1 Å². The predicted octanol–water partition coefficient (Wildman–Crippen LogP) is 7.16. The maximum atomic E-state index is 13.0. The van der Waals surface area contributed by atoms with Crippen LogP contribution in [0.15, 0.2) is 109 Å². The van der Waals surface area contributed by atoms with Crippen LogP contribution in [-0.4, -0.2) is 21.0 Å². The van der Waals surface area contributed by atoms with Gasteiger partial charge in [-0.25, -0.2) is 0 Å². The van der Waals surface area contributed by atoms with Crippen molar-refractivity contribution in [1.29, 1.82) is 0 Å². The van der Waals surface area contributed by atoms with Gasteiger partial charge in [0.2, 0.25) is 5.91 Å². The molecular formula is C40H42N4O2. The third kappa shape index (κ3) is 7.09. The van der Waals surface area contributed by atoms with E-state index in [1.165, 1.54) is 11.1 Å². The molecule has 0 bridgehead atoms. The van der Waals surface area contributed by atoms with Crippen molar-refractivity contribution in [2.24, 2.45) is 5.73 Å². The van der Waals surface area contributed by atoms with Crippen LogP contribution in [0.25, 0.3) is 11.1 Å². The summed E-state index contributed by atoms with van der Waals surface area (Å²) in [7, 11) is 0. The topological polar surface area (TPSA) is 101 Å². The highest BCUT2D eigenvalue weighted by Gasteiger charge is 2.30. The Kier molecular flexibility index (Phi) is 9.97. The molecule has 2 heterocycles. The molecule has 0 radical (unpaired) electrons. The summed E-state index contributed by atoms with van der Waals surface area (Å²) < 4.78 is 0. The number of pyridine rings is 2. The van der Waals surface area contributed by atoms with Gasteiger partial charge in [0.05, 0.1) is 12.5 Å². The maximum Gasteiger partial charge on any atom is 0.227 e. The second-order valence-electron chi connectivity index (χ2n) is 12.2. The van der Waals surface area contributed by atoms with Gasteiger partial charge in [-0.3, -0.25) is 14.8 Å². The zero-order valence-electron chi connectivity index (χ0n) is 26.4. The molecule has 234 valence electrons. The molecule has 1 aliphatic carbocycles. The zero-order chi connectivity index (χ0) is 31.9. The van der Waals surface area contributed by atoms with Crippen LogP contribution >= 0.6 is 0 Å². The highest BCUT2D eigenvalue weighted by Crippen LogP contribution is 2.39. The van der Waals surface area contributed by atoms with E-state index in [0.29, 0.717) is 13.0 Å². The van der Waals surface area contributed by atoms with Crippen molar-refractivity contribution in [2.45, 2.75) is 70.1 Å². The molecule has 0 spiro atoms. The number of aromatic nitrogens is 2. The Morgan fingerprint density at radius 2 is 1.72 bits per heavy atom. The van der Waals surface area contributed by atoms with E-state index in [-0.39, 0.29) is 30.4 Å². The minimum absolute atomic E-state index is 0.00251. The van der Waals surface area contributed by atoms with Crippen LogP contribution in [0.1, 0.15) is 89.0 Å². The van der Waals surface area contributed by atoms with E-state index >= 15 is 0 Å². The molecule has 4 N–H and O–H groups in total. The number of fused-ring (bicyclic) bond motifs is 1. The summed E-state index contributed by atoms with van der Waals surface area (Å²) in [6, 6.07) is 34.4. The van der Waals surface area contributed by atoms with Crippen LogP contribution in [0.3, 0.4) is 0 Å². The summed E-state index contributed by atoms with van der Waals surface area (Å²) in [5, 5.41) is 13.5. The summed E-state index contributed by atoms with van der Waals surface area (Å²) >= 11 is 0. The first-order valence-corrected chi connectivity index (χ1v) is 16.3. The Labute approximate surface area is 271 Å². The van der Waals surface area contributed by atoms with Crippen LogP contribution in [0.4, 0.5) is 0 Å². The number of aliphatic hydroxyl groups excluding tert-OH is 1. The lowest BCUT2D eigenvalue weighted by Gasteiger charge is -2.31. The fourth-order valence-electron chi connectivity index (χ4n) is 6.76. The average molecular weight is 611 g/mol. The van der Waals surface area contributed by atoms with Crippen LogP contribution in [0.2, 0.25) is 0 Å². The molecule has 2 aromatic heterocycles. The van der Waals surface area contributed by atoms with Crippen LogP contribution in [-0.2, 0) is 30.8 Å². The Bertz CT molecular complexity index is 1770. The maximum absolute atomic E-state index is 13.0. The molecule has 1 unspecified atom stereocenters. The number of carbonyl (C=O) groups is 1. The molecule has 5 aromatic rings. The van der Waals surface area contributed by atoms with Gasteiger partial charge in [-0.2, -0.15) is 0 Å². The molecule has 0 saturated carbocycles. The average Bonchev–Trinajstić information content (AvgIpc) is 3.11. The molecule has 1 amide bonds. The largest absolute Gasteiger partial charge is 0.392 e. The van der Waals surface area contributed by atoms with Crippen molar-refractivity contribution < 1.29 is 9.90 Å². The minimum atomic E-state index is -0.310. The van der Waals surface area contributed by atoms with Gasteiger partial charge >= 0.3 is 0 Å². The fourth-order valence-corrected chi connectivity index (χ4v) is 6.76. The highest BCUT2D eigenvalue weighted by atomic mass is 16.3. The zero-order valence-corrected chi connectivity index (χ0v) is 26.4. The lowest BCUT2D eigenvalue weighted by atomic mass is 9.78. The van der Waals surface area contributed by atoms with Gasteiger partial charge < -0.3 is 16.2 Å². The monoisotopic (exact) mass is 610 g/mol. The Morgan fingerprint density at radius 3 is 2.48 bits per heavy atom. The molecule has 1 aliphatic rings. The Balaban J connectivity index is 1.18. The van der Waals surface area contributed by atoms with Gasteiger partial charge in [-0.1, -0.05) is 91.9 Å². The van der Waals surface area contributed by atoms with Crippen molar-refractivity contribution >= 4 is 5.91 Å². The van der Waals surface area contributed by atoms with Crippen LogP contribution in [0.5, 0.6) is 0 Å². The van der Waals surface area contributed by atoms with E-state index < -0.39 is 0 Å². The summed E-state index contributed by atoms with van der Waals surface area (Å²) in [5.41, 5.74) is 17.2. The van der Waals surface area contributed by atoms with Crippen LogP contribution < -0.4 is 11.1 Å². The standard InChI is InChI=1S/C40H42N4O2/c1-2-35(29-12-7-4-8-13-29)40(46)43-25-27-16-19-36(32(22-27)26-45)38(41)37-15-9-14-30-17-18-33(44-39(30)37)24-34-23-31(20-21-42-34)28-10-5-3-6-11-28/h3-8,10-13,16-23,35,37-38,45H,2,9,14-15,24-26,41H2,1H3,(H,43,46)/t35?,37-,38+/m0/s1. The molecule has 6 nitrogen and oxygen atoms in total. The van der Waals surface area contributed by atoms with E-state index in [1.54, 1.807) is 0 Å². The molecule has 0 saturated heterocycles. The van der Waals surface area contributed by atoms with Gasteiger partial charge in [0, 0.05) is 48.2 Å². The van der Waals surface area contributed by atoms with E-state index in [4.69, 9.17) is 10.7 Å². The summed E-state index contributed by atoms with van der Waals surface area (Å²) in [5.74, 6) is -0.152. The third-order valence-electron chi connectivity index (χ3n) is 9.23. The number of amides is 1. The minimum Gasteiger partial charge on any atom is -0.392 e. The first-order valence-electron chi connectivity index (χ1n) is 16.3. The first-order chi connectivity index (χ1) is 22.5. The Hall–Kier alpha value is -4.65. The summed E-state index contributed by atoms with van der Waals surface area (Å²) in [6.45, 7) is 2.29. The van der Waals surface area contributed by atoms with E-state index in [2.05, 4.69) is 40.6 Å². The summed E-state index contributed by atoms with van der Waals surface area (Å²) in [6.07, 6.45) is 6.20. The third-order valence-corrected chi connectivity index (χ3v) is 9.23. The summed E-state index contributed by atoms with van der Waals surface area (Å²) in [4.78, 5) is 22.9. The number of hydrogen-bond donors (Lipinski definition) is 3. The number of aliphatic hydroxyl groups is 1. The second-order valence-corrected chi connectivity index (χ2v) is 12.2. The number of nitrogens with two attached hydrogens (primary N) is 1. The molecule has 6 rings (SSSR count). The number of hydrogen-bond acceptors (Lipinski definition) is 5. The van der Waals surface area contributed by atoms with Gasteiger partial charge in [0.15, 0.2) is 0 Å². The van der Waals surface area contributed by atoms with Gasteiger partial charge in [-0.15, -0.1) is 0 Å². The van der Waals surface area contributed by atoms with Crippen molar-refractivity contribution in [3.63, 3.8) is 0 Å². The molecule has 46 heavy (non-hydrogen) atoms. The fraction of sp³-hybridized carbons (Fsp3) is 0.275. The number of benzene rings is 3. The number of nitrogens with zero attached hydrogens (tertiary/aromatic N) is 2. The predicted molar refractivity (Wildman–Crippen MR) is 183 cm³/mol. The molecule has 0 fully saturated rings. The molecule has 6 heteroatoms. The van der Waals surface area contributed by atoms with Crippen molar-refractivity contribution in [3.05, 3.63) is 154 Å². The van der Waals surface area contributed by atoms with E-state index in [0.717, 1.165) is 70.6 Å². The molecule has 0 aliphatic heterocycles. The van der Waals surface area contributed by atoms with Gasteiger partial charge in [0.25, 0.3) is 0 Å². The Morgan fingerprint density at radius 1 is 0.935 bits per heavy atom. The first kappa shape index (κ1) is 31.3. The highest BCUT2D eigenvalue weighted by molar-refractivity contribution is 5.83. The van der Waals surface area contributed by atoms with Crippen molar-refractivity contribution in [1.82, 2.24) is 15.3 Å². The SMILES string of the molecule is CCC(C(=O)NCc1ccc([C@@H](N)[C@@H]2CCCc3ccc(Cc4cc(-c5ccccc5)ccn4)nc32)c(CO)c1)c1ccccc1. The van der Waals surface area contributed by atoms with Gasteiger partial charge in [0.1, 0.15) is 0 Å².